The molecule has 3 heterocycles. The van der Waals surface area contributed by atoms with Gasteiger partial charge in [0.1, 0.15) is 11.4 Å². The maximum atomic E-state index is 14.3. The fourth-order valence-corrected chi connectivity index (χ4v) is 12.2. The molecule has 7 heteroatoms. The molecule has 66 heavy (non-hydrogen) atoms. The van der Waals surface area contributed by atoms with Crippen molar-refractivity contribution in [2.24, 2.45) is 0 Å². The molecule has 0 fully saturated rings. The van der Waals surface area contributed by atoms with Gasteiger partial charge in [-0.2, -0.15) is 0 Å². The third-order valence-corrected chi connectivity index (χ3v) is 16.5. The molecular weight excluding hydrogens is 1050 g/mol. The number of imidazole rings is 1. The summed E-state index contributed by atoms with van der Waals surface area (Å²) in [6.45, 7) is 10.7. The van der Waals surface area contributed by atoms with Gasteiger partial charge < -0.3 is 8.98 Å². The predicted octanol–water partition coefficient (Wildman–Crippen LogP) is 16.1. The van der Waals surface area contributed by atoms with E-state index in [9.17, 15) is 4.39 Å². The number of hydrogen-bond donors (Lipinski definition) is 0. The zero-order valence-electron chi connectivity index (χ0n) is 42.9. The summed E-state index contributed by atoms with van der Waals surface area (Å²) in [5, 5.41) is 4.06. The topological polar surface area (TPSA) is 43.9 Å². The number of nitrogens with zero attached hydrogens (tertiary/aromatic N) is 3. The number of furan rings is 1. The van der Waals surface area contributed by atoms with E-state index in [4.69, 9.17) is 14.9 Å². The van der Waals surface area contributed by atoms with E-state index in [0.717, 1.165) is 66.5 Å². The first-order chi connectivity index (χ1) is 32.7. The zero-order valence-corrected chi connectivity index (χ0v) is 43.4. The van der Waals surface area contributed by atoms with Crippen molar-refractivity contribution in [2.45, 2.75) is 83.4 Å². The van der Waals surface area contributed by atoms with E-state index in [0.29, 0.717) is 11.2 Å². The first-order valence-corrected chi connectivity index (χ1v) is 29.7. The molecule has 0 aliphatic carbocycles. The average Bonchev–Trinajstić information content (AvgIpc) is 3.89. The van der Waals surface area contributed by atoms with Crippen LogP contribution in [0.4, 0.5) is 4.39 Å². The summed E-state index contributed by atoms with van der Waals surface area (Å²) in [4.78, 5) is 9.90. The van der Waals surface area contributed by atoms with Crippen LogP contribution in [0.25, 0.3) is 83.2 Å². The number of pyridine rings is 1. The van der Waals surface area contributed by atoms with Crippen LogP contribution >= 0.6 is 0 Å². The number of fused-ring (bicyclic) bond motifs is 6. The predicted molar refractivity (Wildman–Crippen MR) is 274 cm³/mol. The van der Waals surface area contributed by atoms with E-state index in [-0.39, 0.29) is 43.3 Å². The minimum Gasteiger partial charge on any atom is 0 e. The van der Waals surface area contributed by atoms with Crippen molar-refractivity contribution < 1.29 is 34.4 Å². The maximum absolute atomic E-state index is 14.3. The van der Waals surface area contributed by atoms with Crippen LogP contribution < -0.4 is 4.40 Å². The van der Waals surface area contributed by atoms with E-state index < -0.39 is 26.0 Å². The van der Waals surface area contributed by atoms with Gasteiger partial charge in [0, 0.05) is 42.6 Å². The fourth-order valence-electron chi connectivity index (χ4n) is 8.92. The molecule has 0 saturated carbocycles. The molecule has 0 bridgehead atoms. The van der Waals surface area contributed by atoms with E-state index in [2.05, 4.69) is 146 Å². The molecule has 7 aromatic carbocycles. The van der Waals surface area contributed by atoms with Crippen LogP contribution in [0.1, 0.15) is 87.0 Å². The first kappa shape index (κ1) is 41.7. The molecule has 0 amide bonds. The van der Waals surface area contributed by atoms with Crippen LogP contribution in [-0.4, -0.2) is 27.8 Å². The third kappa shape index (κ3) is 8.96. The summed E-state index contributed by atoms with van der Waals surface area (Å²) in [5.41, 5.74) is 12.6. The van der Waals surface area contributed by atoms with E-state index >= 15 is 0 Å². The van der Waals surface area contributed by atoms with E-state index in [1.54, 1.807) is 18.2 Å². The van der Waals surface area contributed by atoms with Crippen molar-refractivity contribution in [1.82, 2.24) is 14.5 Å². The van der Waals surface area contributed by atoms with Crippen molar-refractivity contribution >= 4 is 61.4 Å². The van der Waals surface area contributed by atoms with Gasteiger partial charge in [-0.25, -0.2) is 4.39 Å². The molecule has 4 nitrogen and oxygen atoms in total. The number of benzene rings is 7. The Balaban J connectivity index is 0.000000224. The summed E-state index contributed by atoms with van der Waals surface area (Å²) in [7, 11) is 0. The summed E-state index contributed by atoms with van der Waals surface area (Å²) in [6, 6.07) is 50.0. The van der Waals surface area contributed by atoms with Crippen molar-refractivity contribution in [1.29, 1.82) is 0 Å². The van der Waals surface area contributed by atoms with Gasteiger partial charge in [-0.15, -0.1) is 18.2 Å². The van der Waals surface area contributed by atoms with E-state index in [1.165, 1.54) is 44.8 Å². The molecule has 0 spiro atoms. The standard InChI is InChI=1S/C41H32FN2O.C18H24GeN.Ir/c1-24(2)34-21-28(26-11-6-5-7-12-26)22-35(25(3)4)38(34)44-39-30-14-9-8-13-27(30)17-20-36(39)43-41(44)33-16-10-15-32-31-19-18-29(42)23-37(31)45-40(32)33;1-13(2)16-11-18(15-9-7-14(3)8-10-15)20-12-17(16)19(4,5)6;/h5-15,17-25H,1-4H3;7-9,11-13H,1-6H3;/q2*-1;/i;3D3,13D;. The molecule has 10 aromatic rings. The Morgan fingerprint density at radius 2 is 1.45 bits per heavy atom. The van der Waals surface area contributed by atoms with Gasteiger partial charge in [0.25, 0.3) is 0 Å². The molecule has 0 N–H and O–H groups in total. The Morgan fingerprint density at radius 3 is 2.12 bits per heavy atom. The van der Waals surface area contributed by atoms with Gasteiger partial charge in [0.2, 0.25) is 0 Å². The zero-order chi connectivity index (χ0) is 49.2. The monoisotopic (exact) mass is 1110 g/mol. The molecule has 0 unspecified atom stereocenters. The van der Waals surface area contributed by atoms with Crippen molar-refractivity contribution in [3.05, 3.63) is 180 Å². The second kappa shape index (κ2) is 18.9. The summed E-state index contributed by atoms with van der Waals surface area (Å²) in [5.74, 6) is 7.07. The summed E-state index contributed by atoms with van der Waals surface area (Å²) < 4.78 is 55.1. The van der Waals surface area contributed by atoms with E-state index in [1.807, 2.05) is 38.2 Å². The smallest absolute Gasteiger partial charge is 0 e. The van der Waals surface area contributed by atoms with Gasteiger partial charge >= 0.3 is 131 Å². The van der Waals surface area contributed by atoms with Gasteiger partial charge in [-0.05, 0) is 69.8 Å². The van der Waals surface area contributed by atoms with Crippen molar-refractivity contribution in [2.75, 3.05) is 0 Å². The molecule has 0 atom stereocenters. The molecule has 10 rings (SSSR count). The minimum atomic E-state index is -2.14. The Hall–Kier alpha value is -5.66. The number of aryl methyl sites for hydroxylation is 1. The van der Waals surface area contributed by atoms with Crippen LogP contribution in [0.15, 0.2) is 144 Å². The summed E-state index contributed by atoms with van der Waals surface area (Å²) >= 11 is -2.14. The number of rotatable bonds is 8. The van der Waals surface area contributed by atoms with Crippen LogP contribution in [0.3, 0.4) is 0 Å². The second-order valence-electron chi connectivity index (χ2n) is 18.8. The molecule has 335 valence electrons. The van der Waals surface area contributed by atoms with Crippen molar-refractivity contribution in [3.8, 4) is 39.5 Å². The average molecular weight is 1110 g/mol. The van der Waals surface area contributed by atoms with Crippen LogP contribution in [0.5, 0.6) is 0 Å². The second-order valence-corrected chi connectivity index (χ2v) is 29.4. The molecule has 0 aliphatic rings. The Kier molecular flexibility index (Phi) is 12.0. The van der Waals surface area contributed by atoms with Crippen molar-refractivity contribution in [3.63, 3.8) is 0 Å². The molecular formula is C59H56FGeIrN3O-2. The number of aromatic nitrogens is 3. The van der Waals surface area contributed by atoms with Crippen LogP contribution in [0, 0.1) is 24.8 Å². The third-order valence-electron chi connectivity index (χ3n) is 12.2. The quantitative estimate of drug-likeness (QED) is 0.112. The fraction of sp³-hybridized carbons (Fsp3) is 0.220. The Morgan fingerprint density at radius 1 is 0.727 bits per heavy atom. The molecule has 1 radical (unpaired) electrons. The SMILES string of the molecule is CC(C)c1cc(-c2ccccc2)cc(C(C)C)c1-n1c(-c2[c-]ccc3c2oc2cc(F)ccc23)nc2ccc3ccccc3c21.[2H]C([2H])([2H])c1c[c-]c(-c2cc(C([2H])(C)C)[c]([Ge]([CH3])([CH3])[CH3])cn2)cc1.[Ir]. The van der Waals surface area contributed by atoms with Gasteiger partial charge in [0.05, 0.1) is 22.4 Å². The summed E-state index contributed by atoms with van der Waals surface area (Å²) in [6.07, 6.45) is 1.91. The van der Waals surface area contributed by atoms with Crippen LogP contribution in [-0.2, 0) is 20.1 Å². The maximum Gasteiger partial charge on any atom is 0 e. The normalized spacial score (nSPS) is 13.1. The van der Waals surface area contributed by atoms with Gasteiger partial charge in [0.15, 0.2) is 0 Å². The first-order valence-electron chi connectivity index (χ1n) is 24.4. The number of hydrogen-bond acceptors (Lipinski definition) is 3. The molecule has 0 aliphatic heterocycles. The Labute approximate surface area is 410 Å². The van der Waals surface area contributed by atoms with Gasteiger partial charge in [-0.1, -0.05) is 99.3 Å². The minimum absolute atomic E-state index is 0. The number of halogens is 1. The van der Waals surface area contributed by atoms with Gasteiger partial charge in [-0.3, -0.25) is 4.98 Å². The Bertz CT molecular complexity index is 3500. The van der Waals surface area contributed by atoms with Crippen LogP contribution in [0.2, 0.25) is 17.3 Å². The molecule has 3 aromatic heterocycles. The molecule has 0 saturated heterocycles. The largest absolute Gasteiger partial charge is 0 e.